The summed E-state index contributed by atoms with van der Waals surface area (Å²) in [6.45, 7) is 3.47. The van der Waals surface area contributed by atoms with Crippen molar-refractivity contribution < 1.29 is 14.3 Å². The summed E-state index contributed by atoms with van der Waals surface area (Å²) < 4.78 is 7.06. The second-order valence-corrected chi connectivity index (χ2v) is 6.04. The third-order valence-corrected chi connectivity index (χ3v) is 4.24. The van der Waals surface area contributed by atoms with Crippen molar-refractivity contribution >= 4 is 17.6 Å². The maximum Gasteiger partial charge on any atom is 0.338 e. The van der Waals surface area contributed by atoms with Crippen LogP contribution in [0.15, 0.2) is 24.3 Å². The van der Waals surface area contributed by atoms with Crippen LogP contribution in [0.3, 0.4) is 0 Å². The topological polar surface area (TPSA) is 98.1 Å². The van der Waals surface area contributed by atoms with Crippen molar-refractivity contribution in [2.75, 3.05) is 18.4 Å². The van der Waals surface area contributed by atoms with Gasteiger partial charge in [-0.15, -0.1) is 5.10 Å². The third-order valence-electron chi connectivity index (χ3n) is 4.24. The fourth-order valence-electron chi connectivity index (χ4n) is 2.66. The molecular formula is C17H21N5O3. The van der Waals surface area contributed by atoms with Crippen LogP contribution in [-0.4, -0.2) is 46.1 Å². The molecule has 1 saturated heterocycles. The Balaban J connectivity index is 1.67. The Morgan fingerprint density at radius 3 is 2.76 bits per heavy atom. The largest absolute Gasteiger partial charge is 0.459 e. The molecule has 2 heterocycles. The summed E-state index contributed by atoms with van der Waals surface area (Å²) in [5, 5.41) is 13.6. The first-order chi connectivity index (χ1) is 12.0. The van der Waals surface area contributed by atoms with Crippen molar-refractivity contribution in [2.45, 2.75) is 25.9 Å². The van der Waals surface area contributed by atoms with Crippen LogP contribution in [0.25, 0.3) is 0 Å². The molecule has 25 heavy (non-hydrogen) atoms. The lowest BCUT2D eigenvalue weighted by atomic mass is 10.1. The molecule has 0 spiro atoms. The van der Waals surface area contributed by atoms with Gasteiger partial charge in [0.05, 0.1) is 11.3 Å². The zero-order chi connectivity index (χ0) is 17.8. The molecule has 3 rings (SSSR count). The van der Waals surface area contributed by atoms with Crippen LogP contribution >= 0.6 is 0 Å². The van der Waals surface area contributed by atoms with E-state index >= 15 is 0 Å². The highest BCUT2D eigenvalue weighted by atomic mass is 16.5. The lowest BCUT2D eigenvalue weighted by Crippen LogP contribution is -2.33. The fraction of sp³-hybridized carbons (Fsp3) is 0.412. The van der Waals surface area contributed by atoms with E-state index in [0.29, 0.717) is 16.9 Å². The van der Waals surface area contributed by atoms with Gasteiger partial charge in [0.2, 0.25) is 0 Å². The summed E-state index contributed by atoms with van der Waals surface area (Å²) in [6.07, 6.45) is 1.57. The number of rotatable bonds is 4. The minimum absolute atomic E-state index is 0.0609. The molecule has 1 fully saturated rings. The number of hydrogen-bond donors (Lipinski definition) is 2. The van der Waals surface area contributed by atoms with Crippen molar-refractivity contribution in [3.05, 3.63) is 41.2 Å². The first kappa shape index (κ1) is 17.1. The molecule has 0 aliphatic carbocycles. The normalized spacial score (nSPS) is 15.0. The molecule has 0 saturated carbocycles. The van der Waals surface area contributed by atoms with Gasteiger partial charge >= 0.3 is 5.97 Å². The highest BCUT2D eigenvalue weighted by Crippen LogP contribution is 2.16. The van der Waals surface area contributed by atoms with Crippen LogP contribution in [0.1, 0.15) is 39.4 Å². The van der Waals surface area contributed by atoms with Gasteiger partial charge in [-0.25, -0.2) is 4.79 Å². The number of nitrogens with one attached hydrogen (secondary N) is 2. The Morgan fingerprint density at radius 2 is 2.08 bits per heavy atom. The number of nitrogens with zero attached hydrogens (tertiary/aromatic N) is 3. The van der Waals surface area contributed by atoms with Crippen LogP contribution in [0.5, 0.6) is 0 Å². The zero-order valence-corrected chi connectivity index (χ0v) is 14.3. The lowest BCUT2D eigenvalue weighted by molar-refractivity contribution is 0.0229. The van der Waals surface area contributed by atoms with Gasteiger partial charge in [0.15, 0.2) is 5.69 Å². The first-order valence-electron chi connectivity index (χ1n) is 8.24. The van der Waals surface area contributed by atoms with E-state index in [0.717, 1.165) is 25.9 Å². The van der Waals surface area contributed by atoms with Gasteiger partial charge in [-0.3, -0.25) is 9.48 Å². The average molecular weight is 343 g/mol. The molecule has 2 aromatic rings. The van der Waals surface area contributed by atoms with Crippen LogP contribution in [0.4, 0.5) is 5.69 Å². The predicted molar refractivity (Wildman–Crippen MR) is 91.4 cm³/mol. The quantitative estimate of drug-likeness (QED) is 0.812. The Kier molecular flexibility index (Phi) is 5.08. The molecule has 1 aromatic heterocycles. The van der Waals surface area contributed by atoms with Gasteiger partial charge in [-0.2, -0.15) is 0 Å². The summed E-state index contributed by atoms with van der Waals surface area (Å²) in [5.74, 6) is -0.742. The number of amides is 1. The standard InChI is InChI=1S/C17H21N5O3/c1-11-15(20-21-22(11)2)16(23)19-13-5-3-4-12(10-13)17(24)25-14-6-8-18-9-7-14/h3-5,10,14,18H,6-9H2,1-2H3,(H,19,23). The molecule has 1 aromatic carbocycles. The van der Waals surface area contributed by atoms with Crippen molar-refractivity contribution in [1.29, 1.82) is 0 Å². The Bertz CT molecular complexity index is 780. The second kappa shape index (κ2) is 7.43. The number of esters is 1. The van der Waals surface area contributed by atoms with Gasteiger partial charge in [0.25, 0.3) is 5.91 Å². The maximum absolute atomic E-state index is 12.3. The zero-order valence-electron chi connectivity index (χ0n) is 14.3. The number of anilines is 1. The van der Waals surface area contributed by atoms with E-state index in [9.17, 15) is 9.59 Å². The number of ether oxygens (including phenoxy) is 1. The number of hydrogen-bond acceptors (Lipinski definition) is 6. The average Bonchev–Trinajstić information content (AvgIpc) is 2.95. The number of benzene rings is 1. The summed E-state index contributed by atoms with van der Waals surface area (Å²) >= 11 is 0. The van der Waals surface area contributed by atoms with Crippen LogP contribution in [0.2, 0.25) is 0 Å². The third kappa shape index (κ3) is 4.03. The second-order valence-electron chi connectivity index (χ2n) is 6.04. The van der Waals surface area contributed by atoms with Gasteiger partial charge in [-0.05, 0) is 51.1 Å². The summed E-state index contributed by atoms with van der Waals surface area (Å²) in [6, 6.07) is 6.70. The van der Waals surface area contributed by atoms with Gasteiger partial charge in [-0.1, -0.05) is 11.3 Å². The van der Waals surface area contributed by atoms with E-state index in [1.165, 1.54) is 4.68 Å². The molecule has 0 bridgehead atoms. The van der Waals surface area contributed by atoms with Crippen LogP contribution in [-0.2, 0) is 11.8 Å². The van der Waals surface area contributed by atoms with E-state index < -0.39 is 0 Å². The lowest BCUT2D eigenvalue weighted by Gasteiger charge is -2.22. The van der Waals surface area contributed by atoms with Gasteiger partial charge < -0.3 is 15.4 Å². The smallest absolute Gasteiger partial charge is 0.338 e. The molecule has 8 nitrogen and oxygen atoms in total. The predicted octanol–water partition coefficient (Wildman–Crippen LogP) is 1.28. The molecule has 1 aliphatic rings. The molecule has 2 N–H and O–H groups in total. The van der Waals surface area contributed by atoms with E-state index in [-0.39, 0.29) is 23.7 Å². The maximum atomic E-state index is 12.3. The Hall–Kier alpha value is -2.74. The SMILES string of the molecule is Cc1c(C(=O)Nc2cccc(C(=O)OC3CCNCC3)c2)nnn1C. The van der Waals surface area contributed by atoms with Crippen molar-refractivity contribution in [3.8, 4) is 0 Å². The van der Waals surface area contributed by atoms with E-state index in [1.807, 2.05) is 0 Å². The monoisotopic (exact) mass is 343 g/mol. The van der Waals surface area contributed by atoms with Gasteiger partial charge in [0.1, 0.15) is 6.10 Å². The van der Waals surface area contributed by atoms with Crippen LogP contribution in [0, 0.1) is 6.92 Å². The van der Waals surface area contributed by atoms with Crippen molar-refractivity contribution in [2.24, 2.45) is 7.05 Å². The molecule has 0 atom stereocenters. The van der Waals surface area contributed by atoms with E-state index in [1.54, 1.807) is 38.2 Å². The molecule has 0 unspecified atom stereocenters. The number of carbonyl (C=O) groups is 2. The number of aromatic nitrogens is 3. The molecule has 132 valence electrons. The number of aryl methyl sites for hydroxylation is 1. The number of piperidine rings is 1. The Morgan fingerprint density at radius 1 is 1.32 bits per heavy atom. The summed E-state index contributed by atoms with van der Waals surface area (Å²) in [4.78, 5) is 24.6. The summed E-state index contributed by atoms with van der Waals surface area (Å²) in [7, 11) is 1.72. The van der Waals surface area contributed by atoms with Crippen molar-refractivity contribution in [3.63, 3.8) is 0 Å². The molecule has 1 amide bonds. The van der Waals surface area contributed by atoms with Crippen molar-refractivity contribution in [1.82, 2.24) is 20.3 Å². The van der Waals surface area contributed by atoms with E-state index in [4.69, 9.17) is 4.74 Å². The van der Waals surface area contributed by atoms with Crippen LogP contribution < -0.4 is 10.6 Å². The molecule has 1 aliphatic heterocycles. The fourth-order valence-corrected chi connectivity index (χ4v) is 2.66. The molecular weight excluding hydrogens is 322 g/mol. The highest BCUT2D eigenvalue weighted by Gasteiger charge is 2.19. The van der Waals surface area contributed by atoms with Gasteiger partial charge in [0, 0.05) is 12.7 Å². The first-order valence-corrected chi connectivity index (χ1v) is 8.24. The van der Waals surface area contributed by atoms with E-state index in [2.05, 4.69) is 20.9 Å². The summed E-state index contributed by atoms with van der Waals surface area (Å²) in [5.41, 5.74) is 1.84. The Labute approximate surface area is 145 Å². The minimum atomic E-state index is -0.376. The molecule has 8 heteroatoms. The molecule has 0 radical (unpaired) electrons. The highest BCUT2D eigenvalue weighted by molar-refractivity contribution is 6.04. The number of carbonyl (C=O) groups excluding carboxylic acids is 2. The minimum Gasteiger partial charge on any atom is -0.459 e.